The third kappa shape index (κ3) is 3.67. The number of nitrogens with zero attached hydrogens (tertiary/aromatic N) is 1. The van der Waals surface area contributed by atoms with Crippen molar-refractivity contribution in [3.8, 4) is 0 Å². The highest BCUT2D eigenvalue weighted by molar-refractivity contribution is 7.59. The van der Waals surface area contributed by atoms with Crippen LogP contribution in [0, 0.1) is 0 Å². The summed E-state index contributed by atoms with van der Waals surface area (Å²) >= 11 is 0. The zero-order chi connectivity index (χ0) is 9.61. The Morgan fingerprint density at radius 3 is 2.33 bits per heavy atom. The first-order chi connectivity index (χ1) is 5.58. The minimum Gasteiger partial charge on any atom is -0.408 e. The summed E-state index contributed by atoms with van der Waals surface area (Å²) < 4.78 is 16.3. The first kappa shape index (κ1) is 11.4. The Labute approximate surface area is 72.5 Å². The maximum absolute atomic E-state index is 11.5. The number of carbonyl (C=O) groups excluding carboxylic acids is 1. The summed E-state index contributed by atoms with van der Waals surface area (Å²) in [6.07, 6.45) is 1.79. The van der Waals surface area contributed by atoms with Gasteiger partial charge in [0.1, 0.15) is 6.21 Å². The van der Waals surface area contributed by atoms with Gasteiger partial charge in [0.25, 0.3) is 7.37 Å². The number of hydrogen-bond acceptors (Lipinski definition) is 4. The highest BCUT2D eigenvalue weighted by atomic mass is 31.2. The fourth-order valence-electron chi connectivity index (χ4n) is 0.646. The normalized spacial score (nSPS) is 11.9. The van der Waals surface area contributed by atoms with E-state index in [1.165, 1.54) is 7.05 Å². The fourth-order valence-corrected chi connectivity index (χ4v) is 1.73. The van der Waals surface area contributed by atoms with Crippen molar-refractivity contribution in [1.82, 2.24) is 0 Å². The van der Waals surface area contributed by atoms with E-state index >= 15 is 0 Å². The quantitative estimate of drug-likeness (QED) is 0.500. The molecule has 0 aromatic carbocycles. The lowest BCUT2D eigenvalue weighted by atomic mass is 10.8. The predicted octanol–water partition coefficient (Wildman–Crippen LogP) is 1.55. The van der Waals surface area contributed by atoms with Crippen LogP contribution in [-0.2, 0) is 13.9 Å². The molecule has 0 atom stereocenters. The zero-order valence-electron chi connectivity index (χ0n) is 7.61. The molecule has 0 radical (unpaired) electrons. The van der Waals surface area contributed by atoms with E-state index < -0.39 is 13.3 Å². The second kappa shape index (κ2) is 5.09. The van der Waals surface area contributed by atoms with Gasteiger partial charge in [-0.2, -0.15) is 0 Å². The average Bonchev–Trinajstić information content (AvgIpc) is 2.05. The van der Waals surface area contributed by atoms with Gasteiger partial charge in [-0.05, 0) is 0 Å². The second-order valence-electron chi connectivity index (χ2n) is 2.24. The number of aliphatic imine (C=N–C) groups is 1. The van der Waals surface area contributed by atoms with Crippen molar-refractivity contribution in [2.45, 2.75) is 13.8 Å². The number of rotatable bonds is 4. The van der Waals surface area contributed by atoms with E-state index in [1.807, 2.05) is 0 Å². The molecule has 5 heteroatoms. The fraction of sp³-hybridized carbons (Fsp3) is 0.714. The van der Waals surface area contributed by atoms with E-state index in [1.54, 1.807) is 13.8 Å². The third-order valence-electron chi connectivity index (χ3n) is 1.45. The Kier molecular flexibility index (Phi) is 4.83. The van der Waals surface area contributed by atoms with E-state index in [2.05, 4.69) is 4.99 Å². The topological polar surface area (TPSA) is 55.7 Å². The van der Waals surface area contributed by atoms with Gasteiger partial charge >= 0.3 is 5.97 Å². The van der Waals surface area contributed by atoms with Crippen molar-refractivity contribution in [2.75, 3.05) is 19.4 Å². The van der Waals surface area contributed by atoms with Gasteiger partial charge in [0.05, 0.1) is 0 Å². The number of carbonyl (C=O) groups is 1. The van der Waals surface area contributed by atoms with Crippen LogP contribution < -0.4 is 0 Å². The molecule has 0 aliphatic rings. The van der Waals surface area contributed by atoms with Crippen molar-refractivity contribution in [2.24, 2.45) is 4.99 Å². The van der Waals surface area contributed by atoms with Gasteiger partial charge in [-0.3, -0.25) is 9.56 Å². The Balaban J connectivity index is 4.22. The summed E-state index contributed by atoms with van der Waals surface area (Å²) in [6.45, 7) is 3.47. The Morgan fingerprint density at radius 2 is 2.00 bits per heavy atom. The van der Waals surface area contributed by atoms with E-state index in [9.17, 15) is 9.36 Å². The molecule has 0 N–H and O–H groups in total. The van der Waals surface area contributed by atoms with Crippen molar-refractivity contribution in [3.05, 3.63) is 0 Å². The van der Waals surface area contributed by atoms with Crippen LogP contribution in [-0.4, -0.2) is 31.6 Å². The van der Waals surface area contributed by atoms with Crippen molar-refractivity contribution in [3.63, 3.8) is 0 Å². The van der Waals surface area contributed by atoms with E-state index in [0.717, 1.165) is 6.21 Å². The highest BCUT2D eigenvalue weighted by Crippen LogP contribution is 2.45. The molecule has 4 nitrogen and oxygen atoms in total. The lowest BCUT2D eigenvalue weighted by Crippen LogP contribution is -2.06. The van der Waals surface area contributed by atoms with E-state index in [-0.39, 0.29) is 0 Å². The van der Waals surface area contributed by atoms with Crippen molar-refractivity contribution in [1.29, 1.82) is 0 Å². The summed E-state index contributed by atoms with van der Waals surface area (Å²) in [5.74, 6) is -0.621. The molecule has 0 amide bonds. The predicted molar refractivity (Wildman–Crippen MR) is 49.2 cm³/mol. The largest absolute Gasteiger partial charge is 0.408 e. The molecule has 0 saturated heterocycles. The summed E-state index contributed by atoms with van der Waals surface area (Å²) in [4.78, 5) is 14.3. The molecule has 0 spiro atoms. The van der Waals surface area contributed by atoms with E-state index in [4.69, 9.17) is 4.52 Å². The van der Waals surface area contributed by atoms with Gasteiger partial charge < -0.3 is 4.52 Å². The first-order valence-electron chi connectivity index (χ1n) is 3.81. The van der Waals surface area contributed by atoms with Crippen LogP contribution in [0.5, 0.6) is 0 Å². The molecule has 12 heavy (non-hydrogen) atoms. The Morgan fingerprint density at radius 1 is 1.50 bits per heavy atom. The van der Waals surface area contributed by atoms with Gasteiger partial charge in [0.15, 0.2) is 0 Å². The smallest absolute Gasteiger partial charge is 0.353 e. The highest BCUT2D eigenvalue weighted by Gasteiger charge is 2.21. The zero-order valence-corrected chi connectivity index (χ0v) is 8.51. The van der Waals surface area contributed by atoms with Crippen LogP contribution in [0.4, 0.5) is 0 Å². The first-order valence-corrected chi connectivity index (χ1v) is 5.81. The third-order valence-corrected chi connectivity index (χ3v) is 3.89. The van der Waals surface area contributed by atoms with Gasteiger partial charge in [-0.15, -0.1) is 0 Å². The Hall–Kier alpha value is -0.630. The molecule has 0 aliphatic heterocycles. The van der Waals surface area contributed by atoms with Gasteiger partial charge in [-0.25, -0.2) is 4.79 Å². The van der Waals surface area contributed by atoms with Crippen molar-refractivity contribution >= 4 is 19.6 Å². The molecular weight excluding hydrogens is 177 g/mol. The lowest BCUT2D eigenvalue weighted by Gasteiger charge is -2.12. The van der Waals surface area contributed by atoms with Crippen LogP contribution in [0.1, 0.15) is 13.8 Å². The van der Waals surface area contributed by atoms with Crippen LogP contribution in [0.25, 0.3) is 0 Å². The SMILES string of the molecule is CCP(=O)(CC)OC(=O)C=NC. The summed E-state index contributed by atoms with van der Waals surface area (Å²) in [5, 5.41) is 0. The molecular formula is C7H14NO3P. The summed E-state index contributed by atoms with van der Waals surface area (Å²) in [5.41, 5.74) is 0. The van der Waals surface area contributed by atoms with Gasteiger partial charge in [-0.1, -0.05) is 13.8 Å². The van der Waals surface area contributed by atoms with Gasteiger partial charge in [0.2, 0.25) is 0 Å². The standard InChI is InChI=1S/C7H14NO3P/c1-4-12(10,5-2)11-7(9)6-8-3/h6H,4-5H2,1-3H3. The monoisotopic (exact) mass is 191 g/mol. The van der Waals surface area contributed by atoms with E-state index in [0.29, 0.717) is 12.3 Å². The molecule has 0 fully saturated rings. The van der Waals surface area contributed by atoms with Crippen LogP contribution >= 0.6 is 7.37 Å². The van der Waals surface area contributed by atoms with Crippen LogP contribution in [0.3, 0.4) is 0 Å². The molecule has 70 valence electrons. The average molecular weight is 191 g/mol. The molecule has 0 aliphatic carbocycles. The maximum Gasteiger partial charge on any atom is 0.353 e. The molecule has 0 aromatic heterocycles. The Bertz CT molecular complexity index is 217. The number of hydrogen-bond donors (Lipinski definition) is 0. The molecule has 0 heterocycles. The van der Waals surface area contributed by atoms with Gasteiger partial charge in [0, 0.05) is 19.4 Å². The summed E-state index contributed by atoms with van der Waals surface area (Å²) in [6, 6.07) is 0. The van der Waals surface area contributed by atoms with Crippen molar-refractivity contribution < 1.29 is 13.9 Å². The molecule has 0 unspecified atom stereocenters. The summed E-state index contributed by atoms with van der Waals surface area (Å²) in [7, 11) is -1.25. The molecule has 0 bridgehead atoms. The lowest BCUT2D eigenvalue weighted by molar-refractivity contribution is -0.126. The van der Waals surface area contributed by atoms with Crippen LogP contribution in [0.15, 0.2) is 4.99 Å². The molecule has 0 saturated carbocycles. The minimum absolute atomic E-state index is 0.382. The molecule has 0 rings (SSSR count). The minimum atomic E-state index is -2.71. The molecule has 0 aromatic rings. The van der Waals surface area contributed by atoms with Crippen LogP contribution in [0.2, 0.25) is 0 Å². The second-order valence-corrected chi connectivity index (χ2v) is 5.32. The maximum atomic E-state index is 11.5.